The molecule has 1 fully saturated rings. The van der Waals surface area contributed by atoms with Crippen LogP contribution >= 0.6 is 0 Å². The molecule has 2 rings (SSSR count). The third-order valence-corrected chi connectivity index (χ3v) is 2.32. The topological polar surface area (TPSA) is 56.2 Å². The first-order valence-electron chi connectivity index (χ1n) is 5.12. The summed E-state index contributed by atoms with van der Waals surface area (Å²) in [6.07, 6.45) is 1.40. The second-order valence-corrected chi connectivity index (χ2v) is 4.13. The minimum absolute atomic E-state index is 0.0567. The highest BCUT2D eigenvalue weighted by Crippen LogP contribution is 2.18. The molecule has 0 aromatic carbocycles. The summed E-state index contributed by atoms with van der Waals surface area (Å²) in [4.78, 5) is 10.9. The smallest absolute Gasteiger partial charge is 0.407 e. The molecule has 1 aromatic rings. The van der Waals surface area contributed by atoms with Gasteiger partial charge in [-0.2, -0.15) is 5.10 Å². The first kappa shape index (κ1) is 10.0. The van der Waals surface area contributed by atoms with Crippen LogP contribution in [0.2, 0.25) is 0 Å². The lowest BCUT2D eigenvalue weighted by atomic mass is 10.2. The fourth-order valence-electron chi connectivity index (χ4n) is 1.68. The number of aromatic nitrogens is 2. The van der Waals surface area contributed by atoms with Gasteiger partial charge < -0.3 is 10.1 Å². The normalized spacial score (nSPS) is 20.5. The van der Waals surface area contributed by atoms with Crippen LogP contribution in [0.25, 0.3) is 0 Å². The minimum Gasteiger partial charge on any atom is -0.447 e. The lowest BCUT2D eigenvalue weighted by Gasteiger charge is -2.12. The first-order chi connectivity index (χ1) is 7.16. The van der Waals surface area contributed by atoms with Gasteiger partial charge in [0.2, 0.25) is 0 Å². The lowest BCUT2D eigenvalue weighted by Crippen LogP contribution is -2.22. The Morgan fingerprint density at radius 3 is 3.13 bits per heavy atom. The van der Waals surface area contributed by atoms with Gasteiger partial charge in [0.25, 0.3) is 0 Å². The molecule has 2 heterocycles. The molecule has 0 spiro atoms. The molecule has 1 amide bonds. The van der Waals surface area contributed by atoms with Gasteiger partial charge in [0.05, 0.1) is 5.69 Å². The van der Waals surface area contributed by atoms with E-state index in [1.165, 1.54) is 0 Å². The summed E-state index contributed by atoms with van der Waals surface area (Å²) in [5.74, 6) is 0.529. The standard InChI is InChI=1S/C10H15N3O2/c1-7(2)5-13-9(3-4-11-13)8-6-15-10(14)12-8/h3-4,7-8H,5-6H2,1-2H3,(H,12,14). The molecule has 1 unspecified atom stereocenters. The van der Waals surface area contributed by atoms with Crippen LogP contribution in [0.4, 0.5) is 4.79 Å². The van der Waals surface area contributed by atoms with Gasteiger partial charge in [-0.05, 0) is 12.0 Å². The summed E-state index contributed by atoms with van der Waals surface area (Å²) in [5, 5.41) is 6.98. The molecule has 1 N–H and O–H groups in total. The molecule has 1 atom stereocenters. The molecular weight excluding hydrogens is 194 g/mol. The van der Waals surface area contributed by atoms with Crippen LogP contribution in [0.15, 0.2) is 12.3 Å². The Kier molecular flexibility index (Phi) is 2.62. The number of hydrogen-bond acceptors (Lipinski definition) is 3. The highest BCUT2D eigenvalue weighted by atomic mass is 16.6. The van der Waals surface area contributed by atoms with E-state index in [-0.39, 0.29) is 12.1 Å². The van der Waals surface area contributed by atoms with Gasteiger partial charge in [-0.3, -0.25) is 4.68 Å². The maximum atomic E-state index is 10.9. The van der Waals surface area contributed by atoms with E-state index in [0.717, 1.165) is 12.2 Å². The molecule has 0 bridgehead atoms. The second-order valence-electron chi connectivity index (χ2n) is 4.13. The van der Waals surface area contributed by atoms with Crippen molar-refractivity contribution in [1.29, 1.82) is 0 Å². The van der Waals surface area contributed by atoms with Gasteiger partial charge in [0.1, 0.15) is 12.6 Å². The Bertz CT molecular complexity index is 359. The first-order valence-corrected chi connectivity index (χ1v) is 5.12. The van der Waals surface area contributed by atoms with Crippen LogP contribution in [0.1, 0.15) is 25.6 Å². The summed E-state index contributed by atoms with van der Waals surface area (Å²) in [5.41, 5.74) is 1.01. The predicted octanol–water partition coefficient (Wildman–Crippen LogP) is 1.32. The molecule has 1 aliphatic heterocycles. The van der Waals surface area contributed by atoms with Crippen LogP contribution in [0.3, 0.4) is 0 Å². The third-order valence-electron chi connectivity index (χ3n) is 2.32. The van der Waals surface area contributed by atoms with Gasteiger partial charge in [0.15, 0.2) is 0 Å². The fourth-order valence-corrected chi connectivity index (χ4v) is 1.68. The highest BCUT2D eigenvalue weighted by molar-refractivity contribution is 5.69. The van der Waals surface area contributed by atoms with Gasteiger partial charge in [-0.15, -0.1) is 0 Å². The summed E-state index contributed by atoms with van der Waals surface area (Å²) in [6.45, 7) is 5.52. The van der Waals surface area contributed by atoms with E-state index in [9.17, 15) is 4.79 Å². The van der Waals surface area contributed by atoms with E-state index in [0.29, 0.717) is 12.5 Å². The van der Waals surface area contributed by atoms with E-state index < -0.39 is 0 Å². The van der Waals surface area contributed by atoms with Crippen LogP contribution < -0.4 is 5.32 Å². The minimum atomic E-state index is -0.350. The monoisotopic (exact) mass is 209 g/mol. The molecule has 1 aliphatic rings. The largest absolute Gasteiger partial charge is 0.447 e. The maximum absolute atomic E-state index is 10.9. The Labute approximate surface area is 88.4 Å². The number of carbonyl (C=O) groups is 1. The Morgan fingerprint density at radius 1 is 1.73 bits per heavy atom. The summed E-state index contributed by atoms with van der Waals surface area (Å²) in [7, 11) is 0. The zero-order chi connectivity index (χ0) is 10.8. The fraction of sp³-hybridized carbons (Fsp3) is 0.600. The van der Waals surface area contributed by atoms with Crippen molar-refractivity contribution in [3.8, 4) is 0 Å². The Morgan fingerprint density at radius 2 is 2.53 bits per heavy atom. The SMILES string of the molecule is CC(C)Cn1nccc1C1COC(=O)N1. The molecule has 82 valence electrons. The van der Waals surface area contributed by atoms with Crippen molar-refractivity contribution >= 4 is 6.09 Å². The molecule has 1 aromatic heterocycles. The van der Waals surface area contributed by atoms with Crippen molar-refractivity contribution in [2.45, 2.75) is 26.4 Å². The van der Waals surface area contributed by atoms with Gasteiger partial charge in [-0.25, -0.2) is 4.79 Å². The molecule has 0 radical (unpaired) electrons. The average Bonchev–Trinajstić information content (AvgIpc) is 2.72. The van der Waals surface area contributed by atoms with E-state index in [1.807, 2.05) is 10.7 Å². The number of cyclic esters (lactones) is 1. The number of nitrogens with zero attached hydrogens (tertiary/aromatic N) is 2. The van der Waals surface area contributed by atoms with Crippen molar-refractivity contribution in [2.24, 2.45) is 5.92 Å². The maximum Gasteiger partial charge on any atom is 0.407 e. The molecule has 0 saturated carbocycles. The van der Waals surface area contributed by atoms with E-state index in [2.05, 4.69) is 24.3 Å². The second kappa shape index (κ2) is 3.92. The van der Waals surface area contributed by atoms with Gasteiger partial charge in [0, 0.05) is 12.7 Å². The number of rotatable bonds is 3. The molecule has 5 heteroatoms. The molecule has 5 nitrogen and oxygen atoms in total. The third kappa shape index (κ3) is 2.11. The molecule has 15 heavy (non-hydrogen) atoms. The number of ether oxygens (including phenoxy) is 1. The summed E-state index contributed by atoms with van der Waals surface area (Å²) in [6, 6.07) is 1.86. The lowest BCUT2D eigenvalue weighted by molar-refractivity contribution is 0.176. The average molecular weight is 209 g/mol. The van der Waals surface area contributed by atoms with Crippen LogP contribution in [-0.2, 0) is 11.3 Å². The zero-order valence-corrected chi connectivity index (χ0v) is 8.93. The van der Waals surface area contributed by atoms with Crippen molar-refractivity contribution in [3.63, 3.8) is 0 Å². The summed E-state index contributed by atoms with van der Waals surface area (Å²) < 4.78 is 6.78. The van der Waals surface area contributed by atoms with Crippen molar-refractivity contribution in [1.82, 2.24) is 15.1 Å². The Balaban J connectivity index is 2.14. The Hall–Kier alpha value is -1.52. The number of alkyl carbamates (subject to hydrolysis) is 1. The van der Waals surface area contributed by atoms with Crippen LogP contribution in [-0.4, -0.2) is 22.5 Å². The zero-order valence-electron chi connectivity index (χ0n) is 8.93. The highest BCUT2D eigenvalue weighted by Gasteiger charge is 2.26. The van der Waals surface area contributed by atoms with Crippen LogP contribution in [0, 0.1) is 5.92 Å². The molecule has 0 aliphatic carbocycles. The van der Waals surface area contributed by atoms with Gasteiger partial charge >= 0.3 is 6.09 Å². The number of nitrogens with one attached hydrogen (secondary N) is 1. The van der Waals surface area contributed by atoms with E-state index >= 15 is 0 Å². The number of hydrogen-bond donors (Lipinski definition) is 1. The molecule has 1 saturated heterocycles. The predicted molar refractivity (Wildman–Crippen MR) is 54.3 cm³/mol. The van der Waals surface area contributed by atoms with Crippen molar-refractivity contribution in [3.05, 3.63) is 18.0 Å². The quantitative estimate of drug-likeness (QED) is 0.816. The van der Waals surface area contributed by atoms with E-state index in [4.69, 9.17) is 4.74 Å². The van der Waals surface area contributed by atoms with Gasteiger partial charge in [-0.1, -0.05) is 13.8 Å². The number of carbonyl (C=O) groups excluding carboxylic acids is 1. The van der Waals surface area contributed by atoms with Crippen LogP contribution in [0.5, 0.6) is 0 Å². The summed E-state index contributed by atoms with van der Waals surface area (Å²) >= 11 is 0. The number of amides is 1. The van der Waals surface area contributed by atoms with Crippen molar-refractivity contribution < 1.29 is 9.53 Å². The van der Waals surface area contributed by atoms with Crippen molar-refractivity contribution in [2.75, 3.05) is 6.61 Å². The molecular formula is C10H15N3O2. The van der Waals surface area contributed by atoms with E-state index in [1.54, 1.807) is 6.20 Å².